The number of halogens is 1. The van der Waals surface area contributed by atoms with Crippen LogP contribution in [0.3, 0.4) is 0 Å². The molecule has 1 saturated carbocycles. The molecule has 2 heterocycles. The fourth-order valence-electron chi connectivity index (χ4n) is 2.68. The first kappa shape index (κ1) is 13.8. The van der Waals surface area contributed by atoms with Gasteiger partial charge < -0.3 is 10.2 Å². The van der Waals surface area contributed by atoms with Gasteiger partial charge in [0.25, 0.3) is 0 Å². The van der Waals surface area contributed by atoms with E-state index in [2.05, 4.69) is 31.1 Å². The van der Waals surface area contributed by atoms with E-state index in [4.69, 9.17) is 4.98 Å². The van der Waals surface area contributed by atoms with E-state index in [1.807, 2.05) is 6.07 Å². The molecule has 1 aromatic heterocycles. The van der Waals surface area contributed by atoms with Gasteiger partial charge in [-0.2, -0.15) is 0 Å². The Morgan fingerprint density at radius 3 is 2.60 bits per heavy atom. The molecule has 5 nitrogen and oxygen atoms in total. The van der Waals surface area contributed by atoms with Gasteiger partial charge in [-0.1, -0.05) is 0 Å². The smallest absolute Gasteiger partial charge is 0.222 e. The zero-order chi connectivity index (χ0) is 14.1. The first-order valence-electron chi connectivity index (χ1n) is 7.18. The molecule has 1 aliphatic carbocycles. The van der Waals surface area contributed by atoms with Crippen LogP contribution in [0.4, 0.5) is 5.82 Å². The van der Waals surface area contributed by atoms with Crippen molar-refractivity contribution < 1.29 is 4.79 Å². The largest absolute Gasteiger partial charge is 0.359 e. The lowest BCUT2D eigenvalue weighted by Crippen LogP contribution is -2.40. The minimum Gasteiger partial charge on any atom is -0.359 e. The fraction of sp³-hybridized carbons (Fsp3) is 0.643. The van der Waals surface area contributed by atoms with Crippen LogP contribution in [0.1, 0.15) is 37.4 Å². The number of nitrogens with one attached hydrogen (secondary N) is 1. The summed E-state index contributed by atoms with van der Waals surface area (Å²) >= 11 is 3.48. The van der Waals surface area contributed by atoms with Gasteiger partial charge >= 0.3 is 0 Å². The average molecular weight is 339 g/mol. The Morgan fingerprint density at radius 2 is 2.00 bits per heavy atom. The van der Waals surface area contributed by atoms with Crippen LogP contribution in [0.5, 0.6) is 0 Å². The fourth-order valence-corrected chi connectivity index (χ4v) is 3.07. The lowest BCUT2D eigenvalue weighted by molar-refractivity contribution is -0.125. The standard InChI is InChI=1S/C14H19BrN4O/c1-16-14(20)10-4-6-19(7-5-10)12-8-11(15)17-13(18-12)9-2-3-9/h8-10H,2-7H2,1H3,(H,16,20). The van der Waals surface area contributed by atoms with Gasteiger partial charge in [0, 0.05) is 38.0 Å². The third-order valence-electron chi connectivity index (χ3n) is 4.08. The van der Waals surface area contributed by atoms with Crippen LogP contribution in [0.2, 0.25) is 0 Å². The van der Waals surface area contributed by atoms with Crippen molar-refractivity contribution in [1.29, 1.82) is 0 Å². The number of aromatic nitrogens is 2. The highest BCUT2D eigenvalue weighted by Gasteiger charge is 2.29. The number of piperidine rings is 1. The first-order valence-corrected chi connectivity index (χ1v) is 7.97. The van der Waals surface area contributed by atoms with Crippen molar-refractivity contribution in [3.63, 3.8) is 0 Å². The molecule has 3 rings (SSSR count). The molecule has 108 valence electrons. The van der Waals surface area contributed by atoms with Crippen LogP contribution in [-0.4, -0.2) is 36.0 Å². The summed E-state index contributed by atoms with van der Waals surface area (Å²) in [6, 6.07) is 1.98. The molecule has 1 aliphatic heterocycles. The van der Waals surface area contributed by atoms with Gasteiger partial charge in [-0.3, -0.25) is 4.79 Å². The second-order valence-corrected chi connectivity index (χ2v) is 6.37. The summed E-state index contributed by atoms with van der Waals surface area (Å²) in [6.07, 6.45) is 4.18. The molecule has 0 aromatic carbocycles. The molecule has 6 heteroatoms. The van der Waals surface area contributed by atoms with E-state index in [1.165, 1.54) is 12.8 Å². The van der Waals surface area contributed by atoms with Crippen molar-refractivity contribution in [2.24, 2.45) is 5.92 Å². The number of nitrogens with zero attached hydrogens (tertiary/aromatic N) is 3. The van der Waals surface area contributed by atoms with E-state index in [-0.39, 0.29) is 11.8 Å². The van der Waals surface area contributed by atoms with Gasteiger partial charge in [0.05, 0.1) is 0 Å². The van der Waals surface area contributed by atoms with Crippen molar-refractivity contribution >= 4 is 27.7 Å². The number of hydrogen-bond acceptors (Lipinski definition) is 4. The van der Waals surface area contributed by atoms with E-state index in [1.54, 1.807) is 7.05 Å². The van der Waals surface area contributed by atoms with Crippen LogP contribution < -0.4 is 10.2 Å². The Labute approximate surface area is 127 Å². The second kappa shape index (κ2) is 5.68. The minimum atomic E-state index is 0.143. The molecule has 20 heavy (non-hydrogen) atoms. The molecule has 0 bridgehead atoms. The number of anilines is 1. The van der Waals surface area contributed by atoms with E-state index in [0.717, 1.165) is 42.2 Å². The van der Waals surface area contributed by atoms with Crippen molar-refractivity contribution in [2.45, 2.75) is 31.6 Å². The van der Waals surface area contributed by atoms with Gasteiger partial charge in [-0.25, -0.2) is 9.97 Å². The normalized spacial score (nSPS) is 20.0. The lowest BCUT2D eigenvalue weighted by Gasteiger charge is -2.32. The van der Waals surface area contributed by atoms with Gasteiger partial charge in [-0.15, -0.1) is 0 Å². The number of amides is 1. The number of rotatable bonds is 3. The molecular formula is C14H19BrN4O. The molecular weight excluding hydrogens is 320 g/mol. The number of carbonyl (C=O) groups excluding carboxylic acids is 1. The summed E-state index contributed by atoms with van der Waals surface area (Å²) in [5.41, 5.74) is 0. The maximum Gasteiger partial charge on any atom is 0.222 e. The molecule has 1 saturated heterocycles. The van der Waals surface area contributed by atoms with Crippen LogP contribution >= 0.6 is 15.9 Å². The van der Waals surface area contributed by atoms with Crippen LogP contribution in [0.25, 0.3) is 0 Å². The first-order chi connectivity index (χ1) is 9.67. The van der Waals surface area contributed by atoms with E-state index in [9.17, 15) is 4.79 Å². The van der Waals surface area contributed by atoms with Crippen molar-refractivity contribution in [3.05, 3.63) is 16.5 Å². The number of carbonyl (C=O) groups is 1. The zero-order valence-corrected chi connectivity index (χ0v) is 13.2. The molecule has 0 unspecified atom stereocenters. The third kappa shape index (κ3) is 2.95. The summed E-state index contributed by atoms with van der Waals surface area (Å²) in [6.45, 7) is 1.76. The molecule has 1 amide bonds. The minimum absolute atomic E-state index is 0.143. The van der Waals surface area contributed by atoms with Gasteiger partial charge in [0.15, 0.2) is 0 Å². The lowest BCUT2D eigenvalue weighted by atomic mass is 9.96. The Balaban J connectivity index is 1.70. The Hall–Kier alpha value is -1.17. The maximum atomic E-state index is 11.7. The Kier molecular flexibility index (Phi) is 3.92. The molecule has 0 spiro atoms. The quantitative estimate of drug-likeness (QED) is 0.857. The Morgan fingerprint density at radius 1 is 1.30 bits per heavy atom. The highest BCUT2D eigenvalue weighted by molar-refractivity contribution is 9.10. The second-order valence-electron chi connectivity index (χ2n) is 5.56. The molecule has 0 atom stereocenters. The predicted molar refractivity (Wildman–Crippen MR) is 80.7 cm³/mol. The highest BCUT2D eigenvalue weighted by atomic mass is 79.9. The average Bonchev–Trinajstić information content (AvgIpc) is 3.30. The monoisotopic (exact) mass is 338 g/mol. The molecule has 2 fully saturated rings. The summed E-state index contributed by atoms with van der Waals surface area (Å²) in [7, 11) is 1.71. The molecule has 2 aliphatic rings. The van der Waals surface area contributed by atoms with Crippen molar-refractivity contribution in [3.8, 4) is 0 Å². The Bertz CT molecular complexity index is 510. The van der Waals surface area contributed by atoms with Gasteiger partial charge in [0.2, 0.25) is 5.91 Å². The van der Waals surface area contributed by atoms with E-state index < -0.39 is 0 Å². The van der Waals surface area contributed by atoms with E-state index in [0.29, 0.717) is 5.92 Å². The molecule has 1 N–H and O–H groups in total. The zero-order valence-electron chi connectivity index (χ0n) is 11.6. The predicted octanol–water partition coefficient (Wildman–Crippen LogP) is 2.08. The summed E-state index contributed by atoms with van der Waals surface area (Å²) < 4.78 is 0.859. The third-order valence-corrected chi connectivity index (χ3v) is 4.48. The van der Waals surface area contributed by atoms with Gasteiger partial charge in [-0.05, 0) is 41.6 Å². The van der Waals surface area contributed by atoms with Crippen LogP contribution in [-0.2, 0) is 4.79 Å². The molecule has 1 aromatic rings. The summed E-state index contributed by atoms with van der Waals surface area (Å²) in [5, 5.41) is 2.74. The van der Waals surface area contributed by atoms with Crippen molar-refractivity contribution in [1.82, 2.24) is 15.3 Å². The van der Waals surface area contributed by atoms with Crippen molar-refractivity contribution in [2.75, 3.05) is 25.0 Å². The van der Waals surface area contributed by atoms with Gasteiger partial charge in [0.1, 0.15) is 16.2 Å². The summed E-state index contributed by atoms with van der Waals surface area (Å²) in [4.78, 5) is 23.1. The number of hydrogen-bond donors (Lipinski definition) is 1. The summed E-state index contributed by atoms with van der Waals surface area (Å²) in [5.74, 6) is 2.80. The van der Waals surface area contributed by atoms with E-state index >= 15 is 0 Å². The van der Waals surface area contributed by atoms with Crippen LogP contribution in [0, 0.1) is 5.92 Å². The topological polar surface area (TPSA) is 58.1 Å². The van der Waals surface area contributed by atoms with Crippen LogP contribution in [0.15, 0.2) is 10.7 Å². The highest BCUT2D eigenvalue weighted by Crippen LogP contribution is 2.39. The SMILES string of the molecule is CNC(=O)C1CCN(c2cc(Br)nc(C3CC3)n2)CC1. The molecule has 0 radical (unpaired) electrons. The maximum absolute atomic E-state index is 11.7.